The third-order valence-corrected chi connectivity index (χ3v) is 2.78. The molecule has 0 aliphatic carbocycles. The highest BCUT2D eigenvalue weighted by Crippen LogP contribution is 2.28. The van der Waals surface area contributed by atoms with Crippen molar-refractivity contribution >= 4 is 40.1 Å². The van der Waals surface area contributed by atoms with Crippen LogP contribution in [0.25, 0.3) is 10.9 Å². The molecule has 78 valence electrons. The standard InChI is InChI=1S/C10H7Cl2NO2/c11-7-2-5-1-6(3-10(14)15)13-9(5)4-8(7)12/h1-2,4,13H,3H2,(H,14,15). The maximum Gasteiger partial charge on any atom is 0.309 e. The van der Waals surface area contributed by atoms with E-state index in [0.29, 0.717) is 15.7 Å². The summed E-state index contributed by atoms with van der Waals surface area (Å²) in [6.45, 7) is 0. The van der Waals surface area contributed by atoms with Crippen LogP contribution in [0.5, 0.6) is 0 Å². The highest BCUT2D eigenvalue weighted by atomic mass is 35.5. The fourth-order valence-corrected chi connectivity index (χ4v) is 1.78. The average Bonchev–Trinajstić information content (AvgIpc) is 2.46. The molecule has 1 heterocycles. The Labute approximate surface area is 95.6 Å². The fourth-order valence-electron chi connectivity index (χ4n) is 1.44. The van der Waals surface area contributed by atoms with E-state index in [1.807, 2.05) is 0 Å². The summed E-state index contributed by atoms with van der Waals surface area (Å²) in [6, 6.07) is 5.15. The zero-order valence-electron chi connectivity index (χ0n) is 7.55. The van der Waals surface area contributed by atoms with Crippen LogP contribution in [0.1, 0.15) is 5.69 Å². The van der Waals surface area contributed by atoms with Crippen LogP contribution in [0.4, 0.5) is 0 Å². The lowest BCUT2D eigenvalue weighted by atomic mass is 10.2. The van der Waals surface area contributed by atoms with Crippen LogP contribution in [0.2, 0.25) is 10.0 Å². The summed E-state index contributed by atoms with van der Waals surface area (Å²) in [5, 5.41) is 10.4. The molecule has 0 amide bonds. The molecule has 5 heteroatoms. The lowest BCUT2D eigenvalue weighted by molar-refractivity contribution is -0.136. The SMILES string of the molecule is O=C(O)Cc1cc2cc(Cl)c(Cl)cc2[nH]1. The number of halogens is 2. The number of H-pyrrole nitrogens is 1. The molecule has 0 atom stereocenters. The fraction of sp³-hybridized carbons (Fsp3) is 0.100. The molecule has 0 aliphatic heterocycles. The van der Waals surface area contributed by atoms with E-state index in [4.69, 9.17) is 28.3 Å². The van der Waals surface area contributed by atoms with Crippen molar-refractivity contribution in [3.05, 3.63) is 33.9 Å². The highest BCUT2D eigenvalue weighted by Gasteiger charge is 2.07. The van der Waals surface area contributed by atoms with E-state index in [0.717, 1.165) is 10.9 Å². The predicted octanol–water partition coefficient (Wildman–Crippen LogP) is 3.10. The molecule has 0 saturated carbocycles. The number of nitrogens with one attached hydrogen (secondary N) is 1. The zero-order chi connectivity index (χ0) is 11.0. The normalized spacial score (nSPS) is 10.8. The summed E-state index contributed by atoms with van der Waals surface area (Å²) < 4.78 is 0. The molecule has 15 heavy (non-hydrogen) atoms. The Morgan fingerprint density at radius 1 is 1.27 bits per heavy atom. The monoisotopic (exact) mass is 243 g/mol. The van der Waals surface area contributed by atoms with E-state index in [-0.39, 0.29) is 6.42 Å². The van der Waals surface area contributed by atoms with Crippen molar-refractivity contribution in [1.29, 1.82) is 0 Å². The van der Waals surface area contributed by atoms with Gasteiger partial charge in [-0.05, 0) is 18.2 Å². The average molecular weight is 244 g/mol. The van der Waals surface area contributed by atoms with Gasteiger partial charge >= 0.3 is 5.97 Å². The molecular formula is C10H7Cl2NO2. The third-order valence-electron chi connectivity index (χ3n) is 2.06. The van der Waals surface area contributed by atoms with Crippen molar-refractivity contribution < 1.29 is 9.90 Å². The van der Waals surface area contributed by atoms with Gasteiger partial charge in [-0.1, -0.05) is 23.2 Å². The molecule has 2 rings (SSSR count). The largest absolute Gasteiger partial charge is 0.481 e. The van der Waals surface area contributed by atoms with Crippen LogP contribution in [0.3, 0.4) is 0 Å². The van der Waals surface area contributed by atoms with Gasteiger partial charge < -0.3 is 10.1 Å². The Hall–Kier alpha value is -1.19. The Balaban J connectivity index is 2.51. The maximum atomic E-state index is 10.5. The summed E-state index contributed by atoms with van der Waals surface area (Å²) in [5.41, 5.74) is 1.43. The minimum atomic E-state index is -0.876. The maximum absolute atomic E-state index is 10.5. The summed E-state index contributed by atoms with van der Waals surface area (Å²) in [6.07, 6.45) is -0.0378. The number of rotatable bonds is 2. The second-order valence-electron chi connectivity index (χ2n) is 3.22. The molecule has 1 aromatic carbocycles. The predicted molar refractivity (Wildman–Crippen MR) is 59.7 cm³/mol. The van der Waals surface area contributed by atoms with Crippen molar-refractivity contribution in [1.82, 2.24) is 4.98 Å². The zero-order valence-corrected chi connectivity index (χ0v) is 9.06. The number of benzene rings is 1. The van der Waals surface area contributed by atoms with E-state index in [9.17, 15) is 4.79 Å². The molecule has 2 aromatic rings. The van der Waals surface area contributed by atoms with E-state index in [2.05, 4.69) is 4.98 Å². The molecule has 0 saturated heterocycles. The Morgan fingerprint density at radius 3 is 2.60 bits per heavy atom. The second kappa shape index (κ2) is 3.76. The van der Waals surface area contributed by atoms with E-state index in [1.165, 1.54) is 0 Å². The number of hydrogen-bond donors (Lipinski definition) is 2. The highest BCUT2D eigenvalue weighted by molar-refractivity contribution is 6.42. The van der Waals surface area contributed by atoms with E-state index in [1.54, 1.807) is 18.2 Å². The number of carboxylic acid groups (broad SMARTS) is 1. The molecule has 3 nitrogen and oxygen atoms in total. The first-order valence-electron chi connectivity index (χ1n) is 4.24. The van der Waals surface area contributed by atoms with Gasteiger partial charge in [0, 0.05) is 16.6 Å². The van der Waals surface area contributed by atoms with Crippen molar-refractivity contribution in [3.63, 3.8) is 0 Å². The molecule has 0 radical (unpaired) electrons. The smallest absolute Gasteiger partial charge is 0.309 e. The number of aromatic amines is 1. The summed E-state index contributed by atoms with van der Waals surface area (Å²) in [5.74, 6) is -0.876. The summed E-state index contributed by atoms with van der Waals surface area (Å²) in [7, 11) is 0. The number of fused-ring (bicyclic) bond motifs is 1. The number of hydrogen-bond acceptors (Lipinski definition) is 1. The Bertz CT molecular complexity index is 494. The molecular weight excluding hydrogens is 237 g/mol. The second-order valence-corrected chi connectivity index (χ2v) is 4.03. The minimum Gasteiger partial charge on any atom is -0.481 e. The van der Waals surface area contributed by atoms with Gasteiger partial charge in [-0.3, -0.25) is 4.79 Å². The van der Waals surface area contributed by atoms with Gasteiger partial charge in [-0.25, -0.2) is 0 Å². The van der Waals surface area contributed by atoms with E-state index < -0.39 is 5.97 Å². The van der Waals surface area contributed by atoms with E-state index >= 15 is 0 Å². The number of carbonyl (C=O) groups is 1. The van der Waals surface area contributed by atoms with Gasteiger partial charge in [0.15, 0.2) is 0 Å². The molecule has 0 unspecified atom stereocenters. The molecule has 0 fully saturated rings. The molecule has 0 aliphatic rings. The first-order valence-corrected chi connectivity index (χ1v) is 5.00. The van der Waals surface area contributed by atoms with Crippen molar-refractivity contribution in [2.75, 3.05) is 0 Å². The van der Waals surface area contributed by atoms with Crippen LogP contribution in [0, 0.1) is 0 Å². The van der Waals surface area contributed by atoms with Gasteiger partial charge in [0.2, 0.25) is 0 Å². The van der Waals surface area contributed by atoms with Crippen molar-refractivity contribution in [2.24, 2.45) is 0 Å². The summed E-state index contributed by atoms with van der Waals surface area (Å²) in [4.78, 5) is 13.5. The van der Waals surface area contributed by atoms with Crippen LogP contribution in [-0.4, -0.2) is 16.1 Å². The number of carboxylic acids is 1. The van der Waals surface area contributed by atoms with Gasteiger partial charge in [-0.15, -0.1) is 0 Å². The first-order chi connectivity index (χ1) is 7.06. The number of aromatic nitrogens is 1. The third kappa shape index (κ3) is 2.08. The van der Waals surface area contributed by atoms with Crippen molar-refractivity contribution in [3.8, 4) is 0 Å². The molecule has 0 bridgehead atoms. The van der Waals surface area contributed by atoms with Crippen LogP contribution in [0.15, 0.2) is 18.2 Å². The van der Waals surface area contributed by atoms with Crippen LogP contribution < -0.4 is 0 Å². The van der Waals surface area contributed by atoms with Gasteiger partial charge in [0.05, 0.1) is 16.5 Å². The summed E-state index contributed by atoms with van der Waals surface area (Å²) >= 11 is 11.7. The molecule has 2 N–H and O–H groups in total. The van der Waals surface area contributed by atoms with Crippen LogP contribution in [-0.2, 0) is 11.2 Å². The first kappa shape index (κ1) is 10.3. The van der Waals surface area contributed by atoms with Crippen LogP contribution >= 0.6 is 23.2 Å². The molecule has 0 spiro atoms. The van der Waals surface area contributed by atoms with Gasteiger partial charge in [0.25, 0.3) is 0 Å². The Kier molecular flexibility index (Phi) is 2.59. The Morgan fingerprint density at radius 2 is 1.93 bits per heavy atom. The van der Waals surface area contributed by atoms with Gasteiger partial charge in [-0.2, -0.15) is 0 Å². The van der Waals surface area contributed by atoms with Crippen molar-refractivity contribution in [2.45, 2.75) is 6.42 Å². The lowest BCUT2D eigenvalue weighted by Gasteiger charge is -1.94. The minimum absolute atomic E-state index is 0.0378. The number of aliphatic carboxylic acids is 1. The topological polar surface area (TPSA) is 53.1 Å². The van der Waals surface area contributed by atoms with Gasteiger partial charge in [0.1, 0.15) is 0 Å². The quantitative estimate of drug-likeness (QED) is 0.852. The molecule has 1 aromatic heterocycles. The lowest BCUT2D eigenvalue weighted by Crippen LogP contribution is -1.99.